The Labute approximate surface area is 122 Å². The molecule has 0 spiro atoms. The topological polar surface area (TPSA) is 58.5 Å². The molecule has 0 unspecified atom stereocenters. The molecule has 1 saturated carbocycles. The van der Waals surface area contributed by atoms with Gasteiger partial charge in [-0.1, -0.05) is 35.2 Å². The number of hydrazone groups is 1. The lowest BCUT2D eigenvalue weighted by Gasteiger charge is -2.16. The van der Waals surface area contributed by atoms with Gasteiger partial charge in [-0.2, -0.15) is 13.5 Å². The Hall–Kier alpha value is -0.880. The van der Waals surface area contributed by atoms with Crippen molar-refractivity contribution < 1.29 is 8.42 Å². The van der Waals surface area contributed by atoms with Crippen LogP contribution in [0.1, 0.15) is 32.1 Å². The van der Waals surface area contributed by atoms with Crippen molar-refractivity contribution in [2.24, 2.45) is 11.0 Å². The first-order valence-electron chi connectivity index (χ1n) is 6.38. The van der Waals surface area contributed by atoms with E-state index in [0.717, 1.165) is 17.3 Å². The van der Waals surface area contributed by atoms with E-state index in [-0.39, 0.29) is 4.90 Å². The molecule has 1 aliphatic carbocycles. The molecule has 1 fully saturated rings. The van der Waals surface area contributed by atoms with E-state index in [0.29, 0.717) is 5.92 Å². The fraction of sp³-hybridized carbons (Fsp3) is 0.462. The molecule has 6 heteroatoms. The van der Waals surface area contributed by atoms with E-state index >= 15 is 0 Å². The van der Waals surface area contributed by atoms with Gasteiger partial charge in [0.1, 0.15) is 0 Å². The highest BCUT2D eigenvalue weighted by molar-refractivity contribution is 9.10. The first-order chi connectivity index (χ1) is 9.08. The Balaban J connectivity index is 1.97. The third-order valence-electron chi connectivity index (χ3n) is 3.23. The SMILES string of the molecule is O=S(=O)(NN=CC1CCCCC1)c1ccc(Br)cc1. The number of rotatable bonds is 4. The Bertz CT molecular complexity index is 534. The summed E-state index contributed by atoms with van der Waals surface area (Å²) in [5.41, 5.74) is 0. The van der Waals surface area contributed by atoms with E-state index in [1.165, 1.54) is 19.3 Å². The molecule has 104 valence electrons. The largest absolute Gasteiger partial charge is 0.276 e. The molecule has 1 aliphatic rings. The van der Waals surface area contributed by atoms with Gasteiger partial charge in [0.15, 0.2) is 0 Å². The minimum atomic E-state index is -3.55. The fourth-order valence-electron chi connectivity index (χ4n) is 2.15. The summed E-state index contributed by atoms with van der Waals surface area (Å²) in [4.78, 5) is 2.49. The number of halogens is 1. The predicted octanol–water partition coefficient (Wildman–Crippen LogP) is 3.29. The van der Waals surface area contributed by atoms with Crippen LogP contribution in [0.4, 0.5) is 0 Å². The van der Waals surface area contributed by atoms with Crippen LogP contribution in [0.25, 0.3) is 0 Å². The zero-order valence-corrected chi connectivity index (χ0v) is 13.0. The van der Waals surface area contributed by atoms with Crippen LogP contribution in [0.3, 0.4) is 0 Å². The highest BCUT2D eigenvalue weighted by Gasteiger charge is 2.14. The molecule has 1 aromatic carbocycles. The highest BCUT2D eigenvalue weighted by Crippen LogP contribution is 2.21. The number of hydrogen-bond acceptors (Lipinski definition) is 3. The minimum Gasteiger partial charge on any atom is -0.200 e. The van der Waals surface area contributed by atoms with Crippen LogP contribution in [0, 0.1) is 5.92 Å². The van der Waals surface area contributed by atoms with Crippen molar-refractivity contribution in [3.8, 4) is 0 Å². The minimum absolute atomic E-state index is 0.219. The molecule has 2 rings (SSSR count). The summed E-state index contributed by atoms with van der Waals surface area (Å²) < 4.78 is 24.7. The highest BCUT2D eigenvalue weighted by atomic mass is 79.9. The second-order valence-electron chi connectivity index (χ2n) is 4.72. The van der Waals surface area contributed by atoms with Gasteiger partial charge in [0.2, 0.25) is 0 Å². The Morgan fingerprint density at radius 3 is 2.42 bits per heavy atom. The van der Waals surface area contributed by atoms with Gasteiger partial charge in [0, 0.05) is 10.7 Å². The smallest absolute Gasteiger partial charge is 0.200 e. The number of benzene rings is 1. The first kappa shape index (κ1) is 14.5. The standard InChI is InChI=1S/C13H17BrN2O2S/c14-12-6-8-13(9-7-12)19(17,18)16-15-10-11-4-2-1-3-5-11/h6-11,16H,1-5H2. The average molecular weight is 345 g/mol. The van der Waals surface area contributed by atoms with Crippen LogP contribution in [0.5, 0.6) is 0 Å². The second kappa shape index (κ2) is 6.52. The number of nitrogens with zero attached hydrogens (tertiary/aromatic N) is 1. The zero-order valence-electron chi connectivity index (χ0n) is 10.5. The normalized spacial score (nSPS) is 17.7. The molecule has 4 nitrogen and oxygen atoms in total. The van der Waals surface area contributed by atoms with Crippen LogP contribution in [0.15, 0.2) is 38.7 Å². The second-order valence-corrected chi connectivity index (χ2v) is 7.30. The molecule has 0 atom stereocenters. The lowest BCUT2D eigenvalue weighted by molar-refractivity contribution is 0.444. The summed E-state index contributed by atoms with van der Waals surface area (Å²) in [6, 6.07) is 6.48. The van der Waals surface area contributed by atoms with Crippen LogP contribution in [0.2, 0.25) is 0 Å². The number of nitrogens with one attached hydrogen (secondary N) is 1. The first-order valence-corrected chi connectivity index (χ1v) is 8.66. The maximum absolute atomic E-state index is 11.9. The Kier molecular flexibility index (Phi) is 4.99. The van der Waals surface area contributed by atoms with E-state index in [1.54, 1.807) is 30.5 Å². The Morgan fingerprint density at radius 1 is 1.16 bits per heavy atom. The lowest BCUT2D eigenvalue weighted by atomic mass is 9.90. The van der Waals surface area contributed by atoms with Crippen LogP contribution >= 0.6 is 15.9 Å². The van der Waals surface area contributed by atoms with Crippen molar-refractivity contribution in [1.82, 2.24) is 4.83 Å². The summed E-state index contributed by atoms with van der Waals surface area (Å²) in [6.45, 7) is 0. The van der Waals surface area contributed by atoms with E-state index < -0.39 is 10.0 Å². The molecule has 1 aromatic rings. The fourth-order valence-corrected chi connectivity index (χ4v) is 3.22. The third-order valence-corrected chi connectivity index (χ3v) is 5.00. The van der Waals surface area contributed by atoms with Gasteiger partial charge >= 0.3 is 0 Å². The van der Waals surface area contributed by atoms with Gasteiger partial charge in [0.25, 0.3) is 10.0 Å². The molecule has 19 heavy (non-hydrogen) atoms. The van der Waals surface area contributed by atoms with Crippen molar-refractivity contribution in [1.29, 1.82) is 0 Å². The monoisotopic (exact) mass is 344 g/mol. The third kappa shape index (κ3) is 4.31. The van der Waals surface area contributed by atoms with E-state index in [4.69, 9.17) is 0 Å². The van der Waals surface area contributed by atoms with Gasteiger partial charge in [0.05, 0.1) is 4.90 Å². The summed E-state index contributed by atoms with van der Waals surface area (Å²) in [5, 5.41) is 3.89. The van der Waals surface area contributed by atoms with E-state index in [1.807, 2.05) is 0 Å². The summed E-state index contributed by atoms with van der Waals surface area (Å²) >= 11 is 3.27. The average Bonchev–Trinajstić information content (AvgIpc) is 2.40. The van der Waals surface area contributed by atoms with Crippen molar-refractivity contribution in [3.63, 3.8) is 0 Å². The van der Waals surface area contributed by atoms with Crippen molar-refractivity contribution in [3.05, 3.63) is 28.7 Å². The van der Waals surface area contributed by atoms with Crippen molar-refractivity contribution >= 4 is 32.2 Å². The predicted molar refractivity (Wildman–Crippen MR) is 79.5 cm³/mol. The van der Waals surface area contributed by atoms with Crippen molar-refractivity contribution in [2.75, 3.05) is 0 Å². The van der Waals surface area contributed by atoms with Gasteiger partial charge in [-0.3, -0.25) is 0 Å². The lowest BCUT2D eigenvalue weighted by Crippen LogP contribution is -2.19. The van der Waals surface area contributed by atoms with Crippen LogP contribution < -0.4 is 4.83 Å². The van der Waals surface area contributed by atoms with Gasteiger partial charge in [-0.05, 0) is 43.0 Å². The van der Waals surface area contributed by atoms with Gasteiger partial charge in [-0.25, -0.2) is 4.83 Å². The summed E-state index contributed by atoms with van der Waals surface area (Å²) in [7, 11) is -3.55. The van der Waals surface area contributed by atoms with E-state index in [9.17, 15) is 8.42 Å². The molecule has 0 aromatic heterocycles. The number of sulfonamides is 1. The molecule has 0 bridgehead atoms. The van der Waals surface area contributed by atoms with Gasteiger partial charge in [-0.15, -0.1) is 0 Å². The summed E-state index contributed by atoms with van der Waals surface area (Å²) in [5.74, 6) is 0.404. The van der Waals surface area contributed by atoms with Crippen molar-refractivity contribution in [2.45, 2.75) is 37.0 Å². The quantitative estimate of drug-likeness (QED) is 0.672. The molecule has 0 amide bonds. The molecule has 0 aliphatic heterocycles. The Morgan fingerprint density at radius 2 is 1.79 bits per heavy atom. The van der Waals surface area contributed by atoms with Gasteiger partial charge < -0.3 is 0 Å². The van der Waals surface area contributed by atoms with Crippen LogP contribution in [-0.4, -0.2) is 14.6 Å². The molecule has 1 N–H and O–H groups in total. The molecular formula is C13H17BrN2O2S. The zero-order chi connectivity index (χ0) is 13.7. The molecule has 0 heterocycles. The molecule has 0 saturated heterocycles. The van der Waals surface area contributed by atoms with Crippen LogP contribution in [-0.2, 0) is 10.0 Å². The van der Waals surface area contributed by atoms with E-state index in [2.05, 4.69) is 25.9 Å². The summed E-state index contributed by atoms with van der Waals surface area (Å²) in [6.07, 6.45) is 7.61. The molecular weight excluding hydrogens is 328 g/mol. The number of hydrogen-bond donors (Lipinski definition) is 1. The maximum Gasteiger partial charge on any atom is 0.276 e. The molecule has 0 radical (unpaired) electrons. The maximum atomic E-state index is 11.9.